The van der Waals surface area contributed by atoms with Crippen molar-refractivity contribution in [1.82, 2.24) is 0 Å². The Hall–Kier alpha value is 0.326. The van der Waals surface area contributed by atoms with Gasteiger partial charge < -0.3 is 4.74 Å². The molecule has 0 spiro atoms. The van der Waals surface area contributed by atoms with E-state index in [1.54, 1.807) is 19.1 Å². The monoisotopic (exact) mass is 190 g/mol. The molecule has 0 N–H and O–H groups in total. The van der Waals surface area contributed by atoms with Crippen molar-refractivity contribution in [1.29, 1.82) is 0 Å². The van der Waals surface area contributed by atoms with Crippen LogP contribution in [0.4, 0.5) is 0 Å². The minimum absolute atomic E-state index is 0. The van der Waals surface area contributed by atoms with E-state index in [-0.39, 0.29) is 57.4 Å². The quantitative estimate of drug-likeness (QED) is 0.400. The number of hydrogen-bond donors (Lipinski definition) is 0. The Morgan fingerprint density at radius 2 is 1.92 bits per heavy atom. The Morgan fingerprint density at radius 3 is 2.42 bits per heavy atom. The summed E-state index contributed by atoms with van der Waals surface area (Å²) in [5.74, 6) is 0.413. The first-order valence-corrected chi connectivity index (χ1v) is 3.58. The van der Waals surface area contributed by atoms with Gasteiger partial charge in [0.25, 0.3) is 0 Å². The third kappa shape index (κ3) is 4.38. The van der Waals surface area contributed by atoms with Crippen molar-refractivity contribution in [3.63, 3.8) is 0 Å². The van der Waals surface area contributed by atoms with Crippen molar-refractivity contribution in [2.45, 2.75) is 13.3 Å². The van der Waals surface area contributed by atoms with Gasteiger partial charge in [-0.2, -0.15) is 0 Å². The number of hydrogen-bond acceptors (Lipinski definition) is 2. The summed E-state index contributed by atoms with van der Waals surface area (Å²) in [4.78, 5) is 10.8. The van der Waals surface area contributed by atoms with Crippen LogP contribution in [0, 0.1) is 0 Å². The number of esters is 1. The van der Waals surface area contributed by atoms with Crippen LogP contribution in [0.25, 0.3) is 0 Å². The number of carbonyl (C=O) groups excluding carboxylic acids is 1. The van der Waals surface area contributed by atoms with Gasteiger partial charge in [0.2, 0.25) is 0 Å². The zero-order chi connectivity index (χ0) is 8.10. The van der Waals surface area contributed by atoms with E-state index in [1.807, 2.05) is 18.2 Å². The van der Waals surface area contributed by atoms with E-state index in [1.165, 1.54) is 0 Å². The van der Waals surface area contributed by atoms with Gasteiger partial charge in [0.05, 0.1) is 0 Å². The van der Waals surface area contributed by atoms with Crippen LogP contribution in [0.1, 0.15) is 13.3 Å². The first kappa shape index (κ1) is 12.3. The van der Waals surface area contributed by atoms with Gasteiger partial charge in [-0.3, -0.25) is 4.79 Å². The van der Waals surface area contributed by atoms with Gasteiger partial charge in [0.15, 0.2) is 0 Å². The molecule has 0 atom stereocenters. The van der Waals surface area contributed by atoms with Crippen LogP contribution in [-0.4, -0.2) is 57.4 Å². The van der Waals surface area contributed by atoms with Crippen LogP contribution in [0.3, 0.4) is 0 Å². The molecule has 0 heterocycles. The summed E-state index contributed by atoms with van der Waals surface area (Å²) in [6.07, 6.45) is 0.412. The molecule has 0 bridgehead atoms. The van der Waals surface area contributed by atoms with Crippen molar-refractivity contribution < 1.29 is 9.53 Å². The second-order valence-corrected chi connectivity index (χ2v) is 2.14. The van der Waals surface area contributed by atoms with E-state index < -0.39 is 0 Å². The third-order valence-electron chi connectivity index (χ3n) is 1.26. The van der Waals surface area contributed by atoms with E-state index in [2.05, 4.69) is 0 Å². The molecule has 1 aromatic carbocycles. The first-order valence-electron chi connectivity index (χ1n) is 3.58. The first-order chi connectivity index (χ1) is 5.33. The number of ether oxygens (including phenoxy) is 1. The van der Waals surface area contributed by atoms with Gasteiger partial charge in [0, 0.05) is 6.42 Å². The van der Waals surface area contributed by atoms with E-state index in [0.717, 1.165) is 0 Å². The number of para-hydroxylation sites is 1. The minimum atomic E-state index is -0.198. The Bertz CT molecular complexity index is 234. The number of benzene rings is 1. The Morgan fingerprint density at radius 1 is 1.33 bits per heavy atom. The maximum absolute atomic E-state index is 10.8. The molecule has 0 aliphatic carbocycles. The predicted molar refractivity (Wildman–Crippen MR) is 49.5 cm³/mol. The standard InChI is InChI=1S/C9H10O2.K.H/c1-2-9(10)11-8-6-4-3-5-7-8;;/h3-7H,2H2,1H3;;. The second-order valence-electron chi connectivity index (χ2n) is 2.14. The molecule has 2 nitrogen and oxygen atoms in total. The Kier molecular flexibility index (Phi) is 6.99. The molecule has 0 fully saturated rings. The second kappa shape index (κ2) is 6.80. The molecular weight excluding hydrogens is 179 g/mol. The summed E-state index contributed by atoms with van der Waals surface area (Å²) in [6, 6.07) is 9.06. The zero-order valence-corrected chi connectivity index (χ0v) is 6.41. The Balaban J connectivity index is 0.00000121. The normalized spacial score (nSPS) is 8.42. The average Bonchev–Trinajstić information content (AvgIpc) is 2.06. The summed E-state index contributed by atoms with van der Waals surface area (Å²) >= 11 is 0. The van der Waals surface area contributed by atoms with Crippen molar-refractivity contribution in [3.05, 3.63) is 30.3 Å². The summed E-state index contributed by atoms with van der Waals surface area (Å²) < 4.78 is 4.92. The van der Waals surface area contributed by atoms with Crippen molar-refractivity contribution in [2.24, 2.45) is 0 Å². The van der Waals surface area contributed by atoms with E-state index in [9.17, 15) is 4.79 Å². The van der Waals surface area contributed by atoms with Crippen LogP contribution < -0.4 is 4.74 Å². The van der Waals surface area contributed by atoms with Crippen LogP contribution >= 0.6 is 0 Å². The van der Waals surface area contributed by atoms with E-state index in [0.29, 0.717) is 12.2 Å². The molecule has 0 unspecified atom stereocenters. The average molecular weight is 190 g/mol. The van der Waals surface area contributed by atoms with Crippen molar-refractivity contribution in [3.8, 4) is 5.75 Å². The number of rotatable bonds is 2. The zero-order valence-electron chi connectivity index (χ0n) is 6.41. The van der Waals surface area contributed by atoms with Gasteiger partial charge in [-0.25, -0.2) is 0 Å². The van der Waals surface area contributed by atoms with Gasteiger partial charge >= 0.3 is 57.4 Å². The van der Waals surface area contributed by atoms with E-state index >= 15 is 0 Å². The molecule has 3 heteroatoms. The molecule has 12 heavy (non-hydrogen) atoms. The fraction of sp³-hybridized carbons (Fsp3) is 0.222. The summed E-state index contributed by atoms with van der Waals surface area (Å²) in [5.41, 5.74) is 0. The molecule has 60 valence electrons. The molecule has 0 aliphatic heterocycles. The molecular formula is C9H11KO2. The van der Waals surface area contributed by atoms with Crippen LogP contribution in [0.15, 0.2) is 30.3 Å². The van der Waals surface area contributed by atoms with Gasteiger partial charge in [-0.15, -0.1) is 0 Å². The summed E-state index contributed by atoms with van der Waals surface area (Å²) in [7, 11) is 0. The van der Waals surface area contributed by atoms with Crippen molar-refractivity contribution in [2.75, 3.05) is 0 Å². The van der Waals surface area contributed by atoms with Crippen LogP contribution in [0.2, 0.25) is 0 Å². The van der Waals surface area contributed by atoms with Crippen LogP contribution in [-0.2, 0) is 4.79 Å². The maximum atomic E-state index is 10.8. The SMILES string of the molecule is CCC(=O)Oc1ccccc1.[KH]. The van der Waals surface area contributed by atoms with E-state index in [4.69, 9.17) is 4.74 Å². The molecule has 1 rings (SSSR count). The molecule has 0 saturated heterocycles. The topological polar surface area (TPSA) is 26.3 Å². The van der Waals surface area contributed by atoms with Gasteiger partial charge in [0.1, 0.15) is 5.75 Å². The fourth-order valence-corrected chi connectivity index (χ4v) is 0.692. The molecule has 1 aromatic rings. The summed E-state index contributed by atoms with van der Waals surface area (Å²) in [5, 5.41) is 0. The van der Waals surface area contributed by atoms with Crippen LogP contribution in [0.5, 0.6) is 5.75 Å². The molecule has 0 radical (unpaired) electrons. The van der Waals surface area contributed by atoms with Crippen molar-refractivity contribution >= 4 is 57.4 Å². The number of carbonyl (C=O) groups is 1. The molecule has 0 aromatic heterocycles. The fourth-order valence-electron chi connectivity index (χ4n) is 0.692. The third-order valence-corrected chi connectivity index (χ3v) is 1.26. The summed E-state index contributed by atoms with van der Waals surface area (Å²) in [6.45, 7) is 1.77. The molecule has 0 amide bonds. The predicted octanol–water partition coefficient (Wildman–Crippen LogP) is 1.35. The molecule has 0 aliphatic rings. The molecule has 0 saturated carbocycles. The van der Waals surface area contributed by atoms with Gasteiger partial charge in [-0.05, 0) is 12.1 Å². The Labute approximate surface area is 115 Å². The van der Waals surface area contributed by atoms with Gasteiger partial charge in [-0.1, -0.05) is 25.1 Å².